The number of hydrogen-bond acceptors (Lipinski definition) is 5. The first kappa shape index (κ1) is 20.5. The summed E-state index contributed by atoms with van der Waals surface area (Å²) < 4.78 is 20.6. The highest BCUT2D eigenvalue weighted by Crippen LogP contribution is 2.54. The zero-order chi connectivity index (χ0) is 22.5. The highest BCUT2D eigenvalue weighted by Gasteiger charge is 2.44. The van der Waals surface area contributed by atoms with Crippen LogP contribution >= 0.6 is 0 Å². The van der Waals surface area contributed by atoms with Crippen molar-refractivity contribution in [1.82, 2.24) is 0 Å². The van der Waals surface area contributed by atoms with E-state index >= 15 is 0 Å². The minimum Gasteiger partial charge on any atom is -0.478 e. The van der Waals surface area contributed by atoms with Gasteiger partial charge >= 0.3 is 5.97 Å². The summed E-state index contributed by atoms with van der Waals surface area (Å²) in [6.45, 7) is 3.47. The number of fused-ring (bicyclic) bond motifs is 1. The molecule has 1 unspecified atom stereocenters. The Balaban J connectivity index is 1.53. The summed E-state index contributed by atoms with van der Waals surface area (Å²) in [5.74, 6) is -1.10. The molecule has 1 spiro atoms. The lowest BCUT2D eigenvalue weighted by molar-refractivity contribution is 0.0698. The molecule has 7 heteroatoms. The second-order valence-corrected chi connectivity index (χ2v) is 9.02. The molecule has 1 aliphatic heterocycles. The standard InChI is InChI=1S/C25H25FN2O4/c1-15(27-20-5-3-2-4-17(20)24(30)31)18-12-16(26)13-19-21(29)14-22(32-23(18)19)28-10-8-25(6-7-25)9-11-28/h2-5,12-15,27H,6-11H2,1H3,(H,30,31). The molecule has 1 aliphatic carbocycles. The molecule has 0 bridgehead atoms. The quantitative estimate of drug-likeness (QED) is 0.573. The van der Waals surface area contributed by atoms with Gasteiger partial charge in [-0.25, -0.2) is 9.18 Å². The highest BCUT2D eigenvalue weighted by atomic mass is 19.1. The van der Waals surface area contributed by atoms with Gasteiger partial charge in [-0.05, 0) is 62.3 Å². The Hall–Kier alpha value is -3.35. The van der Waals surface area contributed by atoms with Crippen LogP contribution < -0.4 is 15.6 Å². The summed E-state index contributed by atoms with van der Waals surface area (Å²) in [5, 5.41) is 12.8. The van der Waals surface area contributed by atoms with Crippen molar-refractivity contribution < 1.29 is 18.7 Å². The zero-order valence-electron chi connectivity index (χ0n) is 17.9. The van der Waals surface area contributed by atoms with Crippen molar-refractivity contribution in [2.45, 2.75) is 38.6 Å². The van der Waals surface area contributed by atoms with Crippen LogP contribution in [0.4, 0.5) is 16.0 Å². The number of rotatable bonds is 5. The molecule has 2 N–H and O–H groups in total. The average Bonchev–Trinajstić information content (AvgIpc) is 3.53. The van der Waals surface area contributed by atoms with Gasteiger partial charge in [0.05, 0.1) is 17.0 Å². The van der Waals surface area contributed by atoms with E-state index in [2.05, 4.69) is 10.2 Å². The first-order valence-corrected chi connectivity index (χ1v) is 11.0. The molecule has 5 rings (SSSR count). The maximum absolute atomic E-state index is 14.4. The van der Waals surface area contributed by atoms with E-state index in [0.717, 1.165) is 25.9 Å². The van der Waals surface area contributed by atoms with Crippen LogP contribution in [-0.4, -0.2) is 24.2 Å². The van der Waals surface area contributed by atoms with E-state index in [1.807, 2.05) is 0 Å². The number of carbonyl (C=O) groups is 1. The maximum atomic E-state index is 14.4. The molecule has 3 aromatic rings. The molecule has 1 aromatic heterocycles. The van der Waals surface area contributed by atoms with E-state index in [1.165, 1.54) is 37.1 Å². The fraction of sp³-hybridized carbons (Fsp3) is 0.360. The molecule has 6 nitrogen and oxygen atoms in total. The maximum Gasteiger partial charge on any atom is 0.337 e. The topological polar surface area (TPSA) is 82.8 Å². The van der Waals surface area contributed by atoms with Crippen molar-refractivity contribution >= 4 is 28.5 Å². The van der Waals surface area contributed by atoms with Crippen molar-refractivity contribution in [2.75, 3.05) is 23.3 Å². The predicted molar refractivity (Wildman–Crippen MR) is 121 cm³/mol. The van der Waals surface area contributed by atoms with E-state index < -0.39 is 17.8 Å². The van der Waals surface area contributed by atoms with Crippen molar-refractivity contribution in [2.24, 2.45) is 5.41 Å². The number of hydrogen-bond donors (Lipinski definition) is 2. The Morgan fingerprint density at radius 1 is 1.16 bits per heavy atom. The highest BCUT2D eigenvalue weighted by molar-refractivity contribution is 5.94. The minimum atomic E-state index is -1.06. The first-order valence-electron chi connectivity index (χ1n) is 11.0. The number of aromatic carboxylic acids is 1. The second kappa shape index (κ2) is 7.65. The Morgan fingerprint density at radius 2 is 1.88 bits per heavy atom. The molecule has 2 heterocycles. The van der Waals surface area contributed by atoms with Gasteiger partial charge in [0.1, 0.15) is 11.4 Å². The predicted octanol–water partition coefficient (Wildman–Crippen LogP) is 5.18. The molecule has 32 heavy (non-hydrogen) atoms. The Morgan fingerprint density at radius 3 is 2.56 bits per heavy atom. The molecule has 1 saturated carbocycles. The molecule has 1 saturated heterocycles. The number of halogens is 1. The van der Waals surface area contributed by atoms with Gasteiger partial charge in [-0.2, -0.15) is 0 Å². The number of nitrogens with zero attached hydrogens (tertiary/aromatic N) is 1. The van der Waals surface area contributed by atoms with Gasteiger partial charge in [-0.15, -0.1) is 0 Å². The normalized spacial score (nSPS) is 18.0. The van der Waals surface area contributed by atoms with Crippen LogP contribution in [0.15, 0.2) is 51.7 Å². The third-order valence-electron chi connectivity index (χ3n) is 6.90. The molecule has 0 radical (unpaired) electrons. The minimum absolute atomic E-state index is 0.115. The Kier molecular flexibility index (Phi) is 4.92. The van der Waals surface area contributed by atoms with E-state index in [0.29, 0.717) is 28.1 Å². The lowest BCUT2D eigenvalue weighted by Crippen LogP contribution is -2.34. The summed E-state index contributed by atoms with van der Waals surface area (Å²) in [6.07, 6.45) is 4.75. The van der Waals surface area contributed by atoms with Gasteiger partial charge in [0, 0.05) is 30.4 Å². The van der Waals surface area contributed by atoms with Crippen LogP contribution in [0.25, 0.3) is 11.0 Å². The molecule has 166 valence electrons. The van der Waals surface area contributed by atoms with Gasteiger partial charge in [-0.3, -0.25) is 4.79 Å². The van der Waals surface area contributed by atoms with Crippen molar-refractivity contribution in [3.8, 4) is 0 Å². The van der Waals surface area contributed by atoms with Crippen molar-refractivity contribution in [3.05, 3.63) is 69.6 Å². The van der Waals surface area contributed by atoms with Gasteiger partial charge in [0.15, 0.2) is 11.3 Å². The third kappa shape index (κ3) is 3.72. The van der Waals surface area contributed by atoms with Crippen LogP contribution in [-0.2, 0) is 0 Å². The van der Waals surface area contributed by atoms with Crippen LogP contribution in [0.2, 0.25) is 0 Å². The zero-order valence-corrected chi connectivity index (χ0v) is 17.9. The number of carboxylic acids is 1. The fourth-order valence-electron chi connectivity index (χ4n) is 4.70. The summed E-state index contributed by atoms with van der Waals surface area (Å²) in [7, 11) is 0. The second-order valence-electron chi connectivity index (χ2n) is 9.02. The third-order valence-corrected chi connectivity index (χ3v) is 6.90. The smallest absolute Gasteiger partial charge is 0.337 e. The Labute approximate surface area is 184 Å². The number of nitrogens with one attached hydrogen (secondary N) is 1. The van der Waals surface area contributed by atoms with Gasteiger partial charge in [0.25, 0.3) is 0 Å². The summed E-state index contributed by atoms with van der Waals surface area (Å²) >= 11 is 0. The molecule has 2 aromatic carbocycles. The molecule has 0 amide bonds. The van der Waals surface area contributed by atoms with Crippen LogP contribution in [0, 0.1) is 11.2 Å². The van der Waals surface area contributed by atoms with Gasteiger partial charge in [0.2, 0.25) is 0 Å². The fourth-order valence-corrected chi connectivity index (χ4v) is 4.70. The number of para-hydroxylation sites is 1. The number of piperidine rings is 1. The Bertz CT molecular complexity index is 1250. The first-order chi connectivity index (χ1) is 15.3. The molecule has 2 fully saturated rings. The van der Waals surface area contributed by atoms with Crippen LogP contribution in [0.5, 0.6) is 0 Å². The van der Waals surface area contributed by atoms with Crippen LogP contribution in [0.1, 0.15) is 54.6 Å². The van der Waals surface area contributed by atoms with E-state index in [9.17, 15) is 19.1 Å². The van der Waals surface area contributed by atoms with Gasteiger partial charge < -0.3 is 19.7 Å². The lowest BCUT2D eigenvalue weighted by atomic mass is 9.94. The number of anilines is 2. The summed E-state index contributed by atoms with van der Waals surface area (Å²) in [4.78, 5) is 26.5. The van der Waals surface area contributed by atoms with Crippen molar-refractivity contribution in [1.29, 1.82) is 0 Å². The average molecular weight is 436 g/mol. The molecule has 2 aliphatic rings. The largest absolute Gasteiger partial charge is 0.478 e. The summed E-state index contributed by atoms with van der Waals surface area (Å²) in [5.41, 5.74) is 1.53. The molecule has 1 atom stereocenters. The van der Waals surface area contributed by atoms with E-state index in [-0.39, 0.29) is 16.4 Å². The SMILES string of the molecule is CC(Nc1ccccc1C(=O)O)c1cc(F)cc2c(=O)cc(N3CCC4(CC3)CC4)oc12. The van der Waals surface area contributed by atoms with E-state index in [1.54, 1.807) is 25.1 Å². The number of carboxylic acid groups (broad SMARTS) is 1. The van der Waals surface area contributed by atoms with E-state index in [4.69, 9.17) is 4.42 Å². The molecular weight excluding hydrogens is 411 g/mol. The van der Waals surface area contributed by atoms with Gasteiger partial charge in [-0.1, -0.05) is 12.1 Å². The van der Waals surface area contributed by atoms with Crippen molar-refractivity contribution in [3.63, 3.8) is 0 Å². The molecular formula is C25H25FN2O4. The number of benzene rings is 2. The summed E-state index contributed by atoms with van der Waals surface area (Å²) in [6, 6.07) is 10.0. The monoisotopic (exact) mass is 436 g/mol. The lowest BCUT2D eigenvalue weighted by Gasteiger charge is -2.32. The van der Waals surface area contributed by atoms with Crippen LogP contribution in [0.3, 0.4) is 0 Å².